The monoisotopic (exact) mass is 376 g/mol. The largest absolute Gasteiger partial charge is 0.494 e. The SMILES string of the molecule is CCOc1ccc(S(=O)(=O)NCC(=O)Nc2ccc(C(C)C)cc2)cc1. The van der Waals surface area contributed by atoms with E-state index in [0.717, 1.165) is 0 Å². The molecule has 6 nitrogen and oxygen atoms in total. The molecule has 2 N–H and O–H groups in total. The summed E-state index contributed by atoms with van der Waals surface area (Å²) in [5.41, 5.74) is 1.79. The minimum atomic E-state index is -3.76. The average Bonchev–Trinajstić information content (AvgIpc) is 2.61. The molecule has 2 rings (SSSR count). The van der Waals surface area contributed by atoms with Gasteiger partial charge in [0.1, 0.15) is 5.75 Å². The summed E-state index contributed by atoms with van der Waals surface area (Å²) in [5.74, 6) is 0.562. The van der Waals surface area contributed by atoms with Crippen molar-refractivity contribution in [3.8, 4) is 5.75 Å². The number of nitrogens with one attached hydrogen (secondary N) is 2. The normalized spacial score (nSPS) is 11.4. The molecule has 0 saturated heterocycles. The van der Waals surface area contributed by atoms with Crippen LogP contribution >= 0.6 is 0 Å². The van der Waals surface area contributed by atoms with Crippen molar-refractivity contribution in [2.24, 2.45) is 0 Å². The van der Waals surface area contributed by atoms with Gasteiger partial charge >= 0.3 is 0 Å². The van der Waals surface area contributed by atoms with Crippen molar-refractivity contribution in [2.45, 2.75) is 31.6 Å². The second-order valence-electron chi connectivity index (χ2n) is 6.05. The van der Waals surface area contributed by atoms with E-state index in [2.05, 4.69) is 23.9 Å². The lowest BCUT2D eigenvalue weighted by molar-refractivity contribution is -0.115. The Hall–Kier alpha value is -2.38. The highest BCUT2D eigenvalue weighted by Crippen LogP contribution is 2.17. The summed E-state index contributed by atoms with van der Waals surface area (Å²) in [7, 11) is -3.76. The van der Waals surface area contributed by atoms with Crippen molar-refractivity contribution in [2.75, 3.05) is 18.5 Å². The van der Waals surface area contributed by atoms with E-state index < -0.39 is 15.9 Å². The maximum atomic E-state index is 12.2. The molecule has 0 aliphatic rings. The zero-order chi connectivity index (χ0) is 19.2. The summed E-state index contributed by atoms with van der Waals surface area (Å²) >= 11 is 0. The van der Waals surface area contributed by atoms with Gasteiger partial charge in [-0.2, -0.15) is 0 Å². The number of rotatable bonds is 8. The van der Waals surface area contributed by atoms with Crippen LogP contribution in [0.4, 0.5) is 5.69 Å². The fourth-order valence-electron chi connectivity index (χ4n) is 2.28. The first kappa shape index (κ1) is 19.9. The third-order valence-electron chi connectivity index (χ3n) is 3.73. The highest BCUT2D eigenvalue weighted by molar-refractivity contribution is 7.89. The van der Waals surface area contributed by atoms with Crippen LogP contribution in [0.2, 0.25) is 0 Å². The number of ether oxygens (including phenoxy) is 1. The van der Waals surface area contributed by atoms with Crippen LogP contribution in [-0.2, 0) is 14.8 Å². The van der Waals surface area contributed by atoms with Crippen molar-refractivity contribution in [1.82, 2.24) is 4.72 Å². The van der Waals surface area contributed by atoms with Gasteiger partial charge in [0, 0.05) is 5.69 Å². The zero-order valence-corrected chi connectivity index (χ0v) is 16.0. The van der Waals surface area contributed by atoms with Crippen LogP contribution in [0, 0.1) is 0 Å². The molecule has 26 heavy (non-hydrogen) atoms. The van der Waals surface area contributed by atoms with Crippen molar-refractivity contribution < 1.29 is 17.9 Å². The Morgan fingerprint density at radius 1 is 1.04 bits per heavy atom. The van der Waals surface area contributed by atoms with Crippen molar-refractivity contribution in [1.29, 1.82) is 0 Å². The molecule has 0 aliphatic heterocycles. The van der Waals surface area contributed by atoms with Crippen LogP contribution in [0.15, 0.2) is 53.4 Å². The van der Waals surface area contributed by atoms with E-state index >= 15 is 0 Å². The Bertz CT molecular complexity index is 829. The molecule has 1 amide bonds. The van der Waals surface area contributed by atoms with Gasteiger partial charge in [-0.05, 0) is 54.8 Å². The first-order valence-corrected chi connectivity index (χ1v) is 9.92. The molecule has 2 aromatic rings. The predicted octanol–water partition coefficient (Wildman–Crippen LogP) is 3.13. The summed E-state index contributed by atoms with van der Waals surface area (Å²) < 4.78 is 32.1. The molecular formula is C19H24N2O4S. The van der Waals surface area contributed by atoms with E-state index in [1.165, 1.54) is 17.7 Å². The van der Waals surface area contributed by atoms with E-state index in [1.54, 1.807) is 24.3 Å². The molecule has 0 bridgehead atoms. The van der Waals surface area contributed by atoms with Gasteiger partial charge in [-0.15, -0.1) is 0 Å². The second-order valence-corrected chi connectivity index (χ2v) is 7.82. The number of carbonyl (C=O) groups is 1. The number of anilines is 1. The maximum absolute atomic E-state index is 12.2. The number of carbonyl (C=O) groups excluding carboxylic acids is 1. The molecule has 140 valence electrons. The summed E-state index contributed by atoms with van der Waals surface area (Å²) in [6.07, 6.45) is 0. The van der Waals surface area contributed by atoms with Gasteiger partial charge in [0.2, 0.25) is 15.9 Å². The third kappa shape index (κ3) is 5.57. The highest BCUT2D eigenvalue weighted by Gasteiger charge is 2.15. The summed E-state index contributed by atoms with van der Waals surface area (Å²) in [5, 5.41) is 2.67. The Balaban J connectivity index is 1.92. The van der Waals surface area contributed by atoms with Crippen LogP contribution in [0.3, 0.4) is 0 Å². The van der Waals surface area contributed by atoms with Crippen molar-refractivity contribution in [3.63, 3.8) is 0 Å². The second kappa shape index (κ2) is 8.82. The van der Waals surface area contributed by atoms with Crippen LogP contribution in [0.25, 0.3) is 0 Å². The fraction of sp³-hybridized carbons (Fsp3) is 0.316. The molecule has 0 aromatic heterocycles. The molecule has 0 radical (unpaired) electrons. The van der Waals surface area contributed by atoms with Crippen molar-refractivity contribution in [3.05, 3.63) is 54.1 Å². The molecule has 0 heterocycles. The molecule has 0 spiro atoms. The summed E-state index contributed by atoms with van der Waals surface area (Å²) in [6, 6.07) is 13.5. The van der Waals surface area contributed by atoms with Gasteiger partial charge in [0.25, 0.3) is 0 Å². The Labute approximate surface area is 154 Å². The van der Waals surface area contributed by atoms with Crippen molar-refractivity contribution >= 4 is 21.6 Å². The van der Waals surface area contributed by atoms with Gasteiger partial charge in [-0.25, -0.2) is 13.1 Å². The number of hydrogen-bond acceptors (Lipinski definition) is 4. The average molecular weight is 376 g/mol. The van der Waals surface area contributed by atoms with Crippen LogP contribution in [0.1, 0.15) is 32.3 Å². The molecule has 0 unspecified atom stereocenters. The minimum absolute atomic E-state index is 0.0787. The maximum Gasteiger partial charge on any atom is 0.241 e. The first-order valence-electron chi connectivity index (χ1n) is 8.44. The minimum Gasteiger partial charge on any atom is -0.494 e. The summed E-state index contributed by atoms with van der Waals surface area (Å²) in [6.45, 7) is 6.18. The Kier molecular flexibility index (Phi) is 6.76. The number of benzene rings is 2. The quantitative estimate of drug-likeness (QED) is 0.741. The molecule has 0 aliphatic carbocycles. The predicted molar refractivity (Wildman–Crippen MR) is 102 cm³/mol. The highest BCUT2D eigenvalue weighted by atomic mass is 32.2. The third-order valence-corrected chi connectivity index (χ3v) is 5.15. The van der Waals surface area contributed by atoms with E-state index in [-0.39, 0.29) is 11.4 Å². The molecule has 7 heteroatoms. The van der Waals surface area contributed by atoms with Gasteiger partial charge in [-0.3, -0.25) is 4.79 Å². The molecule has 0 saturated carbocycles. The Morgan fingerprint density at radius 3 is 2.19 bits per heavy atom. The lowest BCUT2D eigenvalue weighted by Gasteiger charge is -2.10. The van der Waals surface area contributed by atoms with E-state index in [1.807, 2.05) is 19.1 Å². The number of hydrogen-bond donors (Lipinski definition) is 2. The van der Waals surface area contributed by atoms with Gasteiger partial charge in [-0.1, -0.05) is 26.0 Å². The number of sulfonamides is 1. The van der Waals surface area contributed by atoms with Gasteiger partial charge < -0.3 is 10.1 Å². The van der Waals surface area contributed by atoms with E-state index in [9.17, 15) is 13.2 Å². The van der Waals surface area contributed by atoms with E-state index in [0.29, 0.717) is 24.0 Å². The van der Waals surface area contributed by atoms with Crippen LogP contribution in [-0.4, -0.2) is 27.5 Å². The van der Waals surface area contributed by atoms with Gasteiger partial charge in [0.05, 0.1) is 18.0 Å². The van der Waals surface area contributed by atoms with Crippen LogP contribution in [0.5, 0.6) is 5.75 Å². The van der Waals surface area contributed by atoms with Crippen LogP contribution < -0.4 is 14.8 Å². The molecule has 0 fully saturated rings. The molecule has 2 aromatic carbocycles. The standard InChI is InChI=1S/C19H24N2O4S/c1-4-25-17-9-11-18(12-10-17)26(23,24)20-13-19(22)21-16-7-5-15(6-8-16)14(2)3/h5-12,14,20H,4,13H2,1-3H3,(H,21,22). The molecular weight excluding hydrogens is 352 g/mol. The number of amides is 1. The van der Waals surface area contributed by atoms with E-state index in [4.69, 9.17) is 4.74 Å². The lowest BCUT2D eigenvalue weighted by atomic mass is 10.0. The van der Waals surface area contributed by atoms with Gasteiger partial charge in [0.15, 0.2) is 0 Å². The first-order chi connectivity index (χ1) is 12.3. The summed E-state index contributed by atoms with van der Waals surface area (Å²) in [4.78, 5) is 12.1. The zero-order valence-electron chi connectivity index (χ0n) is 15.2. The Morgan fingerprint density at radius 2 is 1.65 bits per heavy atom. The smallest absolute Gasteiger partial charge is 0.241 e. The molecule has 0 atom stereocenters. The topological polar surface area (TPSA) is 84.5 Å². The lowest BCUT2D eigenvalue weighted by Crippen LogP contribution is -2.32. The fourth-order valence-corrected chi connectivity index (χ4v) is 3.26.